The molecular formula is C30H19F2IrN3O-2. The molecule has 0 aliphatic heterocycles. The molecule has 1 aliphatic carbocycles. The second-order valence-corrected chi connectivity index (χ2v) is 9.04. The molecule has 7 heteroatoms. The van der Waals surface area contributed by atoms with E-state index in [9.17, 15) is 8.78 Å². The monoisotopic (exact) mass is 668 g/mol. The van der Waals surface area contributed by atoms with E-state index in [0.29, 0.717) is 21.9 Å². The molecule has 0 saturated heterocycles. The van der Waals surface area contributed by atoms with E-state index < -0.39 is 0 Å². The van der Waals surface area contributed by atoms with Crippen LogP contribution in [0.25, 0.3) is 44.5 Å². The maximum atomic E-state index is 13.9. The fourth-order valence-corrected chi connectivity index (χ4v) is 4.77. The van der Waals surface area contributed by atoms with Gasteiger partial charge in [-0.1, -0.05) is 42.5 Å². The predicted octanol–water partition coefficient (Wildman–Crippen LogP) is 7.31. The van der Waals surface area contributed by atoms with Gasteiger partial charge >= 0.3 is 0 Å². The third-order valence-corrected chi connectivity index (χ3v) is 6.51. The van der Waals surface area contributed by atoms with Gasteiger partial charge in [0.25, 0.3) is 0 Å². The average molecular weight is 668 g/mol. The van der Waals surface area contributed by atoms with Gasteiger partial charge in [0.1, 0.15) is 11.4 Å². The number of nitrogens with zero attached hydrogens (tertiary/aromatic N) is 3. The minimum Gasteiger partial charge on any atom is -0.499 e. The van der Waals surface area contributed by atoms with Crippen LogP contribution >= 0.6 is 0 Å². The number of pyridine rings is 3. The largest absolute Gasteiger partial charge is 0.499 e. The van der Waals surface area contributed by atoms with Crippen molar-refractivity contribution in [3.63, 3.8) is 0 Å². The second-order valence-electron chi connectivity index (χ2n) is 9.04. The normalized spacial score (nSPS) is 12.9. The van der Waals surface area contributed by atoms with E-state index in [1.165, 1.54) is 24.2 Å². The fourth-order valence-electron chi connectivity index (χ4n) is 4.77. The molecule has 1 aliphatic rings. The van der Waals surface area contributed by atoms with Crippen molar-refractivity contribution < 1.29 is 33.3 Å². The molecule has 4 nitrogen and oxygen atoms in total. The quantitative estimate of drug-likeness (QED) is 0.173. The van der Waals surface area contributed by atoms with Gasteiger partial charge in [-0.3, -0.25) is 4.98 Å². The Morgan fingerprint density at radius 1 is 0.865 bits per heavy atom. The smallest absolute Gasteiger partial charge is 0.151 e. The topological polar surface area (TPSA) is 51.8 Å². The molecule has 0 spiro atoms. The van der Waals surface area contributed by atoms with Gasteiger partial charge in [-0.25, -0.2) is 8.78 Å². The zero-order valence-corrected chi connectivity index (χ0v) is 22.2. The minimum absolute atomic E-state index is 0. The average Bonchev–Trinajstić information content (AvgIpc) is 3.39. The molecule has 0 N–H and O–H groups in total. The van der Waals surface area contributed by atoms with E-state index in [2.05, 4.69) is 47.0 Å². The van der Waals surface area contributed by atoms with Gasteiger partial charge in [-0.15, -0.1) is 53.6 Å². The number of fused-ring (bicyclic) bond motifs is 6. The van der Waals surface area contributed by atoms with E-state index in [0.717, 1.165) is 28.1 Å². The summed E-state index contributed by atoms with van der Waals surface area (Å²) in [4.78, 5) is 12.3. The molecule has 6 aromatic rings. The van der Waals surface area contributed by atoms with Gasteiger partial charge in [0, 0.05) is 31.7 Å². The molecule has 0 saturated carbocycles. The second kappa shape index (κ2) is 9.58. The maximum absolute atomic E-state index is 13.9. The van der Waals surface area contributed by atoms with Crippen LogP contribution in [0.4, 0.5) is 8.78 Å². The first-order valence-corrected chi connectivity index (χ1v) is 11.4. The Hall–Kier alpha value is -3.80. The number of rotatable bonds is 1. The maximum Gasteiger partial charge on any atom is 0.151 e. The van der Waals surface area contributed by atoms with E-state index in [4.69, 9.17) is 4.42 Å². The summed E-state index contributed by atoms with van der Waals surface area (Å²) < 4.78 is 32.9. The number of hydrogen-bond acceptors (Lipinski definition) is 4. The summed E-state index contributed by atoms with van der Waals surface area (Å²) in [7, 11) is 0. The van der Waals surface area contributed by atoms with Crippen LogP contribution in [0.2, 0.25) is 0 Å². The van der Waals surface area contributed by atoms with Crippen LogP contribution < -0.4 is 0 Å². The summed E-state index contributed by atoms with van der Waals surface area (Å²) >= 11 is 0. The number of hydrogen-bond donors (Lipinski definition) is 0. The molecule has 4 aromatic heterocycles. The van der Waals surface area contributed by atoms with Crippen LogP contribution in [-0.4, -0.2) is 15.0 Å². The van der Waals surface area contributed by atoms with Gasteiger partial charge in [-0.05, 0) is 28.9 Å². The van der Waals surface area contributed by atoms with Gasteiger partial charge in [-0.2, -0.15) is 0 Å². The van der Waals surface area contributed by atoms with Crippen molar-refractivity contribution in [2.24, 2.45) is 0 Å². The molecule has 0 atom stereocenters. The first-order valence-electron chi connectivity index (χ1n) is 11.4. The molecular weight excluding hydrogens is 649 g/mol. The third-order valence-electron chi connectivity index (χ3n) is 6.51. The third kappa shape index (κ3) is 4.14. The summed E-state index contributed by atoms with van der Waals surface area (Å²) in [6, 6.07) is 22.9. The van der Waals surface area contributed by atoms with Crippen molar-refractivity contribution in [3.05, 3.63) is 114 Å². The van der Waals surface area contributed by atoms with Crippen molar-refractivity contribution in [2.45, 2.75) is 19.3 Å². The Bertz CT molecular complexity index is 1750. The van der Waals surface area contributed by atoms with Gasteiger partial charge in [0.15, 0.2) is 5.82 Å². The number of halogens is 2. The van der Waals surface area contributed by atoms with Crippen molar-refractivity contribution in [3.8, 4) is 22.5 Å². The van der Waals surface area contributed by atoms with Crippen LogP contribution in [0, 0.1) is 23.8 Å². The van der Waals surface area contributed by atoms with E-state index in [1.54, 1.807) is 24.4 Å². The molecule has 0 unspecified atom stereocenters. The zero-order chi connectivity index (χ0) is 24.9. The van der Waals surface area contributed by atoms with Crippen molar-refractivity contribution in [1.82, 2.24) is 15.0 Å². The Labute approximate surface area is 225 Å². The molecule has 7 rings (SSSR count). The molecule has 37 heavy (non-hydrogen) atoms. The van der Waals surface area contributed by atoms with Crippen molar-refractivity contribution in [2.75, 3.05) is 0 Å². The van der Waals surface area contributed by atoms with Crippen LogP contribution in [-0.2, 0) is 25.5 Å². The molecule has 4 heterocycles. The Kier molecular flexibility index (Phi) is 6.44. The first-order chi connectivity index (χ1) is 17.4. The summed E-state index contributed by atoms with van der Waals surface area (Å²) in [5.41, 5.74) is 6.27. The molecule has 0 fully saturated rings. The first kappa shape index (κ1) is 24.9. The minimum atomic E-state index is -0.389. The van der Waals surface area contributed by atoms with E-state index >= 15 is 0 Å². The predicted molar refractivity (Wildman–Crippen MR) is 134 cm³/mol. The molecule has 0 bridgehead atoms. The van der Waals surface area contributed by atoms with Gasteiger partial charge < -0.3 is 14.4 Å². The van der Waals surface area contributed by atoms with Gasteiger partial charge in [0.2, 0.25) is 0 Å². The van der Waals surface area contributed by atoms with Crippen LogP contribution in [0.3, 0.4) is 0 Å². The van der Waals surface area contributed by atoms with Crippen LogP contribution in [0.5, 0.6) is 0 Å². The molecule has 2 aromatic carbocycles. The summed E-state index contributed by atoms with van der Waals surface area (Å²) in [6.07, 6.45) is 5.67. The standard InChI is InChI=1S/C16H8FN2O.C14H11FN.Ir/c17-12-8-18-9-14-15(12)11-5-3-4-10(16(11)20-14)13-6-1-2-7-19-13;1-14(2)11-6-4-3-5-10(11)13-12(14)7-9(15)8-16-13;/h1-3,5-9H;3-4,6-8H,1-2H3;/q2*-1;. The fraction of sp³-hybridized carbons (Fsp3) is 0.100. The number of furan rings is 1. The SMILES string of the molecule is CC1(C)c2ccc[c-]c2-c2ncc(F)cc21.Fc1cncc2oc3c(-c4ccccn4)[c-]ccc3c12.[Ir]. The Morgan fingerprint density at radius 2 is 1.70 bits per heavy atom. The molecule has 1 radical (unpaired) electrons. The number of benzene rings is 2. The summed E-state index contributed by atoms with van der Waals surface area (Å²) in [6.45, 7) is 4.18. The van der Waals surface area contributed by atoms with E-state index in [-0.39, 0.29) is 37.2 Å². The molecule has 0 amide bonds. The Morgan fingerprint density at radius 3 is 2.51 bits per heavy atom. The van der Waals surface area contributed by atoms with Crippen molar-refractivity contribution >= 4 is 21.9 Å². The van der Waals surface area contributed by atoms with E-state index in [1.807, 2.05) is 30.3 Å². The summed E-state index contributed by atoms with van der Waals surface area (Å²) in [5.74, 6) is -0.668. The number of aromatic nitrogens is 3. The van der Waals surface area contributed by atoms with Crippen LogP contribution in [0.15, 0.2) is 83.8 Å². The molecule has 185 valence electrons. The van der Waals surface area contributed by atoms with Crippen LogP contribution in [0.1, 0.15) is 25.0 Å². The van der Waals surface area contributed by atoms with Gasteiger partial charge in [0.05, 0.1) is 24.2 Å². The van der Waals surface area contributed by atoms with Crippen molar-refractivity contribution in [1.29, 1.82) is 0 Å². The Balaban J connectivity index is 0.000000151. The zero-order valence-electron chi connectivity index (χ0n) is 19.8. The summed E-state index contributed by atoms with van der Waals surface area (Å²) in [5, 5.41) is 1.15.